The lowest BCUT2D eigenvalue weighted by atomic mass is 10.2. The van der Waals surface area contributed by atoms with Gasteiger partial charge in [-0.05, 0) is 24.6 Å². The Morgan fingerprint density at radius 3 is 2.89 bits per heavy atom. The molecule has 0 aliphatic carbocycles. The molecule has 0 saturated carbocycles. The molecule has 19 heavy (non-hydrogen) atoms. The molecule has 0 fully saturated rings. The number of carbonyl (C=O) groups is 1. The van der Waals surface area contributed by atoms with E-state index in [-0.39, 0.29) is 11.5 Å². The molecule has 0 atom stereocenters. The highest BCUT2D eigenvalue weighted by Crippen LogP contribution is 2.03. The molecule has 1 heterocycles. The highest BCUT2D eigenvalue weighted by molar-refractivity contribution is 6.01. The highest BCUT2D eigenvalue weighted by Gasteiger charge is 2.08. The molecule has 1 N–H and O–H groups in total. The van der Waals surface area contributed by atoms with Gasteiger partial charge in [0.1, 0.15) is 11.6 Å². The summed E-state index contributed by atoms with van der Waals surface area (Å²) >= 11 is 0. The summed E-state index contributed by atoms with van der Waals surface area (Å²) in [4.78, 5) is 15.8. The van der Waals surface area contributed by atoms with Gasteiger partial charge in [0.25, 0.3) is 5.91 Å². The van der Waals surface area contributed by atoms with Crippen LogP contribution >= 0.6 is 0 Å². The second-order valence-corrected chi connectivity index (χ2v) is 4.24. The quantitative estimate of drug-likeness (QED) is 0.464. The normalized spacial score (nSPS) is 10.8. The molecule has 1 aromatic rings. The number of nitriles is 1. The monoisotopic (exact) mass is 257 g/mol. The third kappa shape index (κ3) is 5.82. The Labute approximate surface area is 114 Å². The molecule has 4 nitrogen and oxygen atoms in total. The lowest BCUT2D eigenvalue weighted by Gasteiger charge is -2.03. The van der Waals surface area contributed by atoms with Crippen LogP contribution in [-0.2, 0) is 4.79 Å². The summed E-state index contributed by atoms with van der Waals surface area (Å²) in [5.74, 6) is -0.329. The molecular weight excluding hydrogens is 238 g/mol. The number of hydrogen-bond acceptors (Lipinski definition) is 3. The smallest absolute Gasteiger partial charge is 0.262 e. The first kappa shape index (κ1) is 14.9. The predicted octanol–water partition coefficient (Wildman–Crippen LogP) is 2.69. The van der Waals surface area contributed by atoms with Crippen molar-refractivity contribution in [3.63, 3.8) is 0 Å². The Bertz CT molecular complexity index is 460. The second kappa shape index (κ2) is 8.87. The fourth-order valence-corrected chi connectivity index (χ4v) is 1.61. The van der Waals surface area contributed by atoms with Gasteiger partial charge in [-0.1, -0.05) is 32.3 Å². The minimum atomic E-state index is -0.329. The summed E-state index contributed by atoms with van der Waals surface area (Å²) in [5.41, 5.74) is 0.703. The summed E-state index contributed by atoms with van der Waals surface area (Å²) in [6, 6.07) is 7.27. The van der Waals surface area contributed by atoms with E-state index in [1.807, 2.05) is 12.1 Å². The predicted molar refractivity (Wildman–Crippen MR) is 75.0 cm³/mol. The summed E-state index contributed by atoms with van der Waals surface area (Å²) < 4.78 is 0. The van der Waals surface area contributed by atoms with Crippen LogP contribution < -0.4 is 5.32 Å². The summed E-state index contributed by atoms with van der Waals surface area (Å²) in [6.07, 6.45) is 7.51. The van der Waals surface area contributed by atoms with E-state index < -0.39 is 0 Å². The van der Waals surface area contributed by atoms with E-state index in [1.54, 1.807) is 18.3 Å². The van der Waals surface area contributed by atoms with Gasteiger partial charge in [0.05, 0.1) is 5.69 Å². The number of hydrogen-bond donors (Lipinski definition) is 1. The summed E-state index contributed by atoms with van der Waals surface area (Å²) in [5, 5.41) is 11.7. The van der Waals surface area contributed by atoms with Crippen LogP contribution in [0.3, 0.4) is 0 Å². The standard InChI is InChI=1S/C15H19N3O/c1-2-3-4-6-10-18-15(19)13(12-16)11-14-8-5-7-9-17-14/h5,7-9,11H,2-4,6,10H2,1H3,(H,18,19)/b13-11+. The zero-order valence-electron chi connectivity index (χ0n) is 11.2. The van der Waals surface area contributed by atoms with Crippen LogP contribution in [0.15, 0.2) is 30.0 Å². The van der Waals surface area contributed by atoms with Crippen molar-refractivity contribution < 1.29 is 4.79 Å². The van der Waals surface area contributed by atoms with Crippen molar-refractivity contribution in [3.05, 3.63) is 35.7 Å². The lowest BCUT2D eigenvalue weighted by Crippen LogP contribution is -2.25. The second-order valence-electron chi connectivity index (χ2n) is 4.24. The van der Waals surface area contributed by atoms with Gasteiger partial charge in [-0.25, -0.2) is 0 Å². The van der Waals surface area contributed by atoms with Gasteiger partial charge >= 0.3 is 0 Å². The van der Waals surface area contributed by atoms with Crippen LogP contribution in [0.5, 0.6) is 0 Å². The van der Waals surface area contributed by atoms with Crippen LogP contribution in [0.25, 0.3) is 6.08 Å². The van der Waals surface area contributed by atoms with Crippen LogP contribution in [0.4, 0.5) is 0 Å². The lowest BCUT2D eigenvalue weighted by molar-refractivity contribution is -0.117. The van der Waals surface area contributed by atoms with E-state index in [1.165, 1.54) is 12.5 Å². The van der Waals surface area contributed by atoms with Gasteiger partial charge in [-0.15, -0.1) is 0 Å². The first-order valence-electron chi connectivity index (χ1n) is 6.59. The van der Waals surface area contributed by atoms with Gasteiger partial charge < -0.3 is 5.32 Å². The maximum atomic E-state index is 11.8. The molecule has 4 heteroatoms. The largest absolute Gasteiger partial charge is 0.351 e. The molecule has 0 aliphatic heterocycles. The summed E-state index contributed by atoms with van der Waals surface area (Å²) in [7, 11) is 0. The van der Waals surface area contributed by atoms with Crippen molar-refractivity contribution in [2.75, 3.05) is 6.54 Å². The van der Waals surface area contributed by atoms with Gasteiger partial charge in [0.15, 0.2) is 0 Å². The van der Waals surface area contributed by atoms with Gasteiger partial charge in [0, 0.05) is 12.7 Å². The molecule has 0 aliphatic rings. The van der Waals surface area contributed by atoms with Gasteiger partial charge in [-0.2, -0.15) is 5.26 Å². The van der Waals surface area contributed by atoms with Crippen molar-refractivity contribution in [2.24, 2.45) is 0 Å². The Morgan fingerprint density at radius 1 is 1.42 bits per heavy atom. The molecule has 100 valence electrons. The first-order chi connectivity index (χ1) is 9.27. The number of carbonyl (C=O) groups excluding carboxylic acids is 1. The van der Waals surface area contributed by atoms with Gasteiger partial charge in [-0.3, -0.25) is 9.78 Å². The van der Waals surface area contributed by atoms with Crippen molar-refractivity contribution in [2.45, 2.75) is 32.6 Å². The zero-order chi connectivity index (χ0) is 13.9. The number of nitrogens with one attached hydrogen (secondary N) is 1. The van der Waals surface area contributed by atoms with Crippen molar-refractivity contribution in [1.82, 2.24) is 10.3 Å². The molecule has 0 unspecified atom stereocenters. The Balaban J connectivity index is 2.49. The first-order valence-corrected chi connectivity index (χ1v) is 6.59. The topological polar surface area (TPSA) is 65.8 Å². The van der Waals surface area contributed by atoms with Crippen molar-refractivity contribution >= 4 is 12.0 Å². The minimum absolute atomic E-state index is 0.0918. The Kier molecular flexibility index (Phi) is 6.96. The number of aromatic nitrogens is 1. The average molecular weight is 257 g/mol. The molecule has 1 aromatic heterocycles. The van der Waals surface area contributed by atoms with Crippen molar-refractivity contribution in [1.29, 1.82) is 5.26 Å². The maximum absolute atomic E-state index is 11.8. The SMILES string of the molecule is CCCCCCNC(=O)/C(C#N)=C/c1ccccn1. The average Bonchev–Trinajstić information content (AvgIpc) is 2.45. The Morgan fingerprint density at radius 2 is 2.26 bits per heavy atom. The number of nitrogens with zero attached hydrogens (tertiary/aromatic N) is 2. The van der Waals surface area contributed by atoms with E-state index in [9.17, 15) is 4.79 Å². The van der Waals surface area contributed by atoms with Crippen LogP contribution in [0.2, 0.25) is 0 Å². The van der Waals surface area contributed by atoms with E-state index in [4.69, 9.17) is 5.26 Å². The molecule has 0 bridgehead atoms. The van der Waals surface area contributed by atoms with E-state index in [0.29, 0.717) is 12.2 Å². The molecule has 1 amide bonds. The highest BCUT2D eigenvalue weighted by atomic mass is 16.1. The van der Waals surface area contributed by atoms with Crippen LogP contribution in [0.1, 0.15) is 38.3 Å². The fraction of sp³-hybridized carbons (Fsp3) is 0.400. The maximum Gasteiger partial charge on any atom is 0.262 e. The Hall–Kier alpha value is -2.15. The number of unbranched alkanes of at least 4 members (excludes halogenated alkanes) is 3. The van der Waals surface area contributed by atoms with E-state index >= 15 is 0 Å². The number of rotatable bonds is 7. The van der Waals surface area contributed by atoms with Crippen LogP contribution in [0, 0.1) is 11.3 Å². The third-order valence-electron chi connectivity index (χ3n) is 2.66. The molecule has 1 rings (SSSR count). The zero-order valence-corrected chi connectivity index (χ0v) is 11.2. The van der Waals surface area contributed by atoms with E-state index in [0.717, 1.165) is 19.3 Å². The number of amides is 1. The fourth-order valence-electron chi connectivity index (χ4n) is 1.61. The molecule has 0 radical (unpaired) electrons. The van der Waals surface area contributed by atoms with Gasteiger partial charge in [0.2, 0.25) is 0 Å². The van der Waals surface area contributed by atoms with E-state index in [2.05, 4.69) is 17.2 Å². The molecule has 0 saturated heterocycles. The molecular formula is C15H19N3O. The third-order valence-corrected chi connectivity index (χ3v) is 2.66. The number of pyridine rings is 1. The molecule has 0 spiro atoms. The molecule has 0 aromatic carbocycles. The van der Waals surface area contributed by atoms with Crippen molar-refractivity contribution in [3.8, 4) is 6.07 Å². The summed E-state index contributed by atoms with van der Waals surface area (Å²) in [6.45, 7) is 2.75. The van der Waals surface area contributed by atoms with Crippen LogP contribution in [-0.4, -0.2) is 17.4 Å². The minimum Gasteiger partial charge on any atom is -0.351 e.